The summed E-state index contributed by atoms with van der Waals surface area (Å²) < 4.78 is 0. The van der Waals surface area contributed by atoms with Crippen molar-refractivity contribution in [1.82, 2.24) is 4.98 Å². The molecule has 0 saturated heterocycles. The minimum Gasteiger partial charge on any atom is -0.543 e. The Kier molecular flexibility index (Phi) is 3.57. The molecule has 0 saturated carbocycles. The fourth-order valence-electron chi connectivity index (χ4n) is 0.588. The van der Waals surface area contributed by atoms with Crippen LogP contribution in [0.5, 0.6) is 0 Å². The molecule has 0 spiro atoms. The Morgan fingerprint density at radius 1 is 1.64 bits per heavy atom. The van der Waals surface area contributed by atoms with Crippen molar-refractivity contribution in [3.63, 3.8) is 0 Å². The minimum absolute atomic E-state index is 0. The molecule has 0 amide bonds. The molecule has 1 aromatic heterocycles. The van der Waals surface area contributed by atoms with Crippen LogP contribution < -0.4 is 10.8 Å². The maximum atomic E-state index is 10.2. The van der Waals surface area contributed by atoms with E-state index in [0.717, 1.165) is 0 Å². The fourth-order valence-corrected chi connectivity index (χ4v) is 0.588. The quantitative estimate of drug-likeness (QED) is 0.592. The Labute approximate surface area is 73.9 Å². The van der Waals surface area contributed by atoms with Crippen LogP contribution in [0.25, 0.3) is 0 Å². The summed E-state index contributed by atoms with van der Waals surface area (Å²) in [6.45, 7) is 0. The van der Waals surface area contributed by atoms with Crippen LogP contribution in [-0.2, 0) is 17.1 Å². The van der Waals surface area contributed by atoms with Gasteiger partial charge < -0.3 is 15.6 Å². The van der Waals surface area contributed by atoms with Gasteiger partial charge in [-0.2, -0.15) is 0 Å². The number of nitrogens with zero attached hydrogens (tertiary/aromatic N) is 1. The Morgan fingerprint density at radius 3 is 2.64 bits per heavy atom. The SMILES string of the molecule is Nc1cccnc1C(=O)[O-].[Cu+]. The molecule has 1 aromatic rings. The first-order valence-electron chi connectivity index (χ1n) is 2.63. The van der Waals surface area contributed by atoms with Crippen molar-refractivity contribution < 1.29 is 27.0 Å². The number of pyridine rings is 1. The van der Waals surface area contributed by atoms with Crippen LogP contribution in [0.3, 0.4) is 0 Å². The second-order valence-corrected chi connectivity index (χ2v) is 1.73. The third kappa shape index (κ3) is 2.22. The van der Waals surface area contributed by atoms with Crippen LogP contribution in [0.2, 0.25) is 0 Å². The van der Waals surface area contributed by atoms with Gasteiger partial charge in [-0.1, -0.05) is 0 Å². The molecule has 5 heteroatoms. The van der Waals surface area contributed by atoms with Gasteiger partial charge in [-0.15, -0.1) is 0 Å². The first-order valence-corrected chi connectivity index (χ1v) is 2.63. The molecule has 0 fully saturated rings. The van der Waals surface area contributed by atoms with Gasteiger partial charge in [0.2, 0.25) is 0 Å². The number of carbonyl (C=O) groups excluding carboxylic acids is 1. The molecular formula is C6H5CuN2O2. The van der Waals surface area contributed by atoms with Crippen molar-refractivity contribution in [3.05, 3.63) is 24.0 Å². The van der Waals surface area contributed by atoms with Crippen LogP contribution in [0.1, 0.15) is 10.5 Å². The van der Waals surface area contributed by atoms with Gasteiger partial charge in [-0.05, 0) is 12.1 Å². The van der Waals surface area contributed by atoms with Crippen molar-refractivity contribution >= 4 is 11.7 Å². The van der Waals surface area contributed by atoms with E-state index in [9.17, 15) is 9.90 Å². The Bertz CT molecular complexity index is 265. The molecule has 4 nitrogen and oxygen atoms in total. The van der Waals surface area contributed by atoms with Crippen LogP contribution in [0, 0.1) is 0 Å². The number of nitrogens with two attached hydrogens (primary N) is 1. The molecule has 0 aliphatic carbocycles. The molecule has 1 heterocycles. The second kappa shape index (κ2) is 3.95. The summed E-state index contributed by atoms with van der Waals surface area (Å²) in [6, 6.07) is 3.01. The minimum atomic E-state index is -1.35. The number of hydrogen-bond acceptors (Lipinski definition) is 4. The summed E-state index contributed by atoms with van der Waals surface area (Å²) in [5, 5.41) is 10.2. The summed E-state index contributed by atoms with van der Waals surface area (Å²) in [5.41, 5.74) is 5.16. The molecule has 0 unspecified atom stereocenters. The number of anilines is 1. The number of aromatic carboxylic acids is 1. The molecule has 0 aliphatic heterocycles. The average Bonchev–Trinajstić information content (AvgIpc) is 1.88. The standard InChI is InChI=1S/C6H6N2O2.Cu/c7-4-2-1-3-8-5(4)6(9)10;/h1-3H,7H2,(H,9,10);/q;+1/p-1. The molecule has 2 N–H and O–H groups in total. The van der Waals surface area contributed by atoms with Gasteiger partial charge in [0.15, 0.2) is 0 Å². The Morgan fingerprint density at radius 2 is 2.27 bits per heavy atom. The van der Waals surface area contributed by atoms with E-state index in [-0.39, 0.29) is 28.4 Å². The van der Waals surface area contributed by atoms with E-state index < -0.39 is 5.97 Å². The third-order valence-corrected chi connectivity index (χ3v) is 1.03. The summed E-state index contributed by atoms with van der Waals surface area (Å²) in [5.74, 6) is -1.35. The summed E-state index contributed by atoms with van der Waals surface area (Å²) in [7, 11) is 0. The first kappa shape index (κ1) is 9.94. The third-order valence-electron chi connectivity index (χ3n) is 1.03. The number of carboxylic acid groups (broad SMARTS) is 1. The maximum absolute atomic E-state index is 10.2. The number of carboxylic acids is 1. The van der Waals surface area contributed by atoms with Gasteiger partial charge in [-0.3, -0.25) is 4.98 Å². The average molecular weight is 201 g/mol. The van der Waals surface area contributed by atoms with Crippen molar-refractivity contribution in [2.45, 2.75) is 0 Å². The van der Waals surface area contributed by atoms with Gasteiger partial charge in [0.25, 0.3) is 0 Å². The monoisotopic (exact) mass is 200 g/mol. The number of rotatable bonds is 1. The topological polar surface area (TPSA) is 79.0 Å². The molecule has 0 atom stereocenters. The largest absolute Gasteiger partial charge is 1.00 e. The zero-order chi connectivity index (χ0) is 7.56. The van der Waals surface area contributed by atoms with Gasteiger partial charge in [0.05, 0.1) is 11.7 Å². The normalized spacial score (nSPS) is 8.36. The first-order chi connectivity index (χ1) is 4.72. The van der Waals surface area contributed by atoms with E-state index in [4.69, 9.17) is 5.73 Å². The molecule has 0 aliphatic rings. The number of carbonyl (C=O) groups is 1. The van der Waals surface area contributed by atoms with Crippen LogP contribution >= 0.6 is 0 Å². The molecule has 0 bridgehead atoms. The molecule has 11 heavy (non-hydrogen) atoms. The van der Waals surface area contributed by atoms with Crippen LogP contribution in [0.4, 0.5) is 5.69 Å². The summed E-state index contributed by atoms with van der Waals surface area (Å²) in [6.07, 6.45) is 1.35. The zero-order valence-electron chi connectivity index (χ0n) is 5.37. The Hall–Kier alpha value is -1.06. The zero-order valence-corrected chi connectivity index (χ0v) is 6.32. The number of nitrogen functional groups attached to an aromatic ring is 1. The van der Waals surface area contributed by atoms with E-state index in [1.165, 1.54) is 12.3 Å². The second-order valence-electron chi connectivity index (χ2n) is 1.73. The van der Waals surface area contributed by atoms with Crippen molar-refractivity contribution in [1.29, 1.82) is 0 Å². The molecule has 1 rings (SSSR count). The van der Waals surface area contributed by atoms with E-state index >= 15 is 0 Å². The molecular weight excluding hydrogens is 196 g/mol. The molecule has 62 valence electrons. The number of aromatic nitrogens is 1. The Balaban J connectivity index is 0.000001000. The van der Waals surface area contributed by atoms with Crippen molar-refractivity contribution in [3.8, 4) is 0 Å². The summed E-state index contributed by atoms with van der Waals surface area (Å²) >= 11 is 0. The predicted octanol–water partition coefficient (Wildman–Crippen LogP) is -0.975. The van der Waals surface area contributed by atoms with Gasteiger partial charge in [0, 0.05) is 6.20 Å². The maximum Gasteiger partial charge on any atom is 1.00 e. The molecule has 0 aromatic carbocycles. The van der Waals surface area contributed by atoms with Crippen molar-refractivity contribution in [2.75, 3.05) is 5.73 Å². The van der Waals surface area contributed by atoms with Gasteiger partial charge in [-0.25, -0.2) is 0 Å². The molecule has 0 radical (unpaired) electrons. The van der Waals surface area contributed by atoms with Crippen molar-refractivity contribution in [2.24, 2.45) is 0 Å². The van der Waals surface area contributed by atoms with E-state index in [2.05, 4.69) is 4.98 Å². The van der Waals surface area contributed by atoms with E-state index in [0.29, 0.717) is 0 Å². The summed E-state index contributed by atoms with van der Waals surface area (Å²) in [4.78, 5) is 13.7. The van der Waals surface area contributed by atoms with Gasteiger partial charge >= 0.3 is 17.1 Å². The van der Waals surface area contributed by atoms with Crippen LogP contribution in [-0.4, -0.2) is 11.0 Å². The predicted molar refractivity (Wildman–Crippen MR) is 33.0 cm³/mol. The van der Waals surface area contributed by atoms with Gasteiger partial charge in [0.1, 0.15) is 5.69 Å². The van der Waals surface area contributed by atoms with Crippen LogP contribution in [0.15, 0.2) is 18.3 Å². The smallest absolute Gasteiger partial charge is 0.543 e. The fraction of sp³-hybridized carbons (Fsp3) is 0. The van der Waals surface area contributed by atoms with E-state index in [1.54, 1.807) is 6.07 Å². The number of hydrogen-bond donors (Lipinski definition) is 1. The van der Waals surface area contributed by atoms with E-state index in [1.807, 2.05) is 0 Å².